The van der Waals surface area contributed by atoms with Gasteiger partial charge in [0.2, 0.25) is 0 Å². The number of fused-ring (bicyclic) bond motifs is 1. The fraction of sp³-hybridized carbons (Fsp3) is 0.125. The zero-order valence-corrected chi connectivity index (χ0v) is 7.97. The summed E-state index contributed by atoms with van der Waals surface area (Å²) in [6.45, 7) is 1.83. The van der Waals surface area contributed by atoms with Gasteiger partial charge >= 0.3 is 0 Å². The molecule has 0 aliphatic heterocycles. The molecule has 0 spiro atoms. The molecule has 0 saturated carbocycles. The van der Waals surface area contributed by atoms with Crippen LogP contribution in [0.3, 0.4) is 0 Å². The lowest BCUT2D eigenvalue weighted by Crippen LogP contribution is -1.86. The van der Waals surface area contributed by atoms with Crippen molar-refractivity contribution in [3.8, 4) is 0 Å². The summed E-state index contributed by atoms with van der Waals surface area (Å²) in [5.74, 6) is -0.300. The molecule has 0 radical (unpaired) electrons. The third-order valence-corrected chi connectivity index (χ3v) is 2.66. The van der Waals surface area contributed by atoms with Crippen LogP contribution in [0.5, 0.6) is 0 Å². The van der Waals surface area contributed by atoms with E-state index in [1.54, 1.807) is 16.7 Å². The average molecular weight is 229 g/mol. The van der Waals surface area contributed by atoms with Gasteiger partial charge in [0, 0.05) is 6.20 Å². The Kier molecular flexibility index (Phi) is 1.65. The number of rotatable bonds is 0. The summed E-state index contributed by atoms with van der Waals surface area (Å²) >= 11 is 3.32. The van der Waals surface area contributed by atoms with Crippen LogP contribution >= 0.6 is 15.9 Å². The number of hydrogen-bond acceptors (Lipinski definition) is 1. The van der Waals surface area contributed by atoms with E-state index in [-0.39, 0.29) is 5.82 Å². The van der Waals surface area contributed by atoms with Gasteiger partial charge in [0.1, 0.15) is 4.60 Å². The van der Waals surface area contributed by atoms with E-state index >= 15 is 0 Å². The van der Waals surface area contributed by atoms with Crippen LogP contribution in [0.25, 0.3) is 5.65 Å². The average Bonchev–Trinajstić information content (AvgIpc) is 2.32. The lowest BCUT2D eigenvalue weighted by Gasteiger charge is -1.93. The predicted octanol–water partition coefficient (Wildman–Crippen LogP) is 2.54. The highest BCUT2D eigenvalue weighted by molar-refractivity contribution is 9.10. The molecule has 0 atom stereocenters. The molecular formula is C8H6BrFN2. The van der Waals surface area contributed by atoms with Gasteiger partial charge in [0.05, 0.1) is 5.69 Å². The fourth-order valence-electron chi connectivity index (χ4n) is 1.12. The first-order valence-corrected chi connectivity index (χ1v) is 4.28. The third-order valence-electron chi connectivity index (χ3n) is 1.70. The van der Waals surface area contributed by atoms with E-state index in [4.69, 9.17) is 0 Å². The third kappa shape index (κ3) is 0.948. The van der Waals surface area contributed by atoms with Crippen molar-refractivity contribution < 1.29 is 4.39 Å². The molecule has 0 N–H and O–H groups in total. The second-order valence-corrected chi connectivity index (χ2v) is 3.29. The molecule has 0 saturated heterocycles. The number of pyridine rings is 1. The summed E-state index contributed by atoms with van der Waals surface area (Å²) < 4.78 is 15.5. The van der Waals surface area contributed by atoms with Crippen molar-refractivity contribution in [2.24, 2.45) is 0 Å². The quantitative estimate of drug-likeness (QED) is 0.678. The monoisotopic (exact) mass is 228 g/mol. The van der Waals surface area contributed by atoms with E-state index in [1.165, 1.54) is 6.07 Å². The molecule has 0 bridgehead atoms. The Hall–Kier alpha value is -0.900. The number of halogens is 2. The smallest absolute Gasteiger partial charge is 0.174 e. The first-order valence-electron chi connectivity index (χ1n) is 3.49. The first-order chi connectivity index (χ1) is 5.70. The molecule has 62 valence electrons. The second kappa shape index (κ2) is 2.55. The Balaban J connectivity index is 2.95. The number of nitrogens with zero attached hydrogens (tertiary/aromatic N) is 2. The van der Waals surface area contributed by atoms with Gasteiger partial charge in [-0.1, -0.05) is 0 Å². The van der Waals surface area contributed by atoms with Crippen LogP contribution in [0.2, 0.25) is 0 Å². The summed E-state index contributed by atoms with van der Waals surface area (Å²) in [5.41, 5.74) is 1.15. The molecule has 0 aromatic carbocycles. The van der Waals surface area contributed by atoms with Crippen LogP contribution < -0.4 is 0 Å². The minimum Gasteiger partial charge on any atom is -0.292 e. The van der Waals surface area contributed by atoms with Gasteiger partial charge in [0.25, 0.3) is 0 Å². The lowest BCUT2D eigenvalue weighted by atomic mass is 10.4. The molecular weight excluding hydrogens is 223 g/mol. The number of aromatic nitrogens is 2. The molecule has 2 heterocycles. The maximum Gasteiger partial charge on any atom is 0.174 e. The molecule has 4 heteroatoms. The van der Waals surface area contributed by atoms with Gasteiger partial charge < -0.3 is 0 Å². The second-order valence-electron chi connectivity index (χ2n) is 2.54. The molecule has 0 unspecified atom stereocenters. The van der Waals surface area contributed by atoms with Gasteiger partial charge in [-0.25, -0.2) is 9.37 Å². The Morgan fingerprint density at radius 3 is 3.00 bits per heavy atom. The highest BCUT2D eigenvalue weighted by Gasteiger charge is 2.07. The Morgan fingerprint density at radius 1 is 1.58 bits per heavy atom. The topological polar surface area (TPSA) is 17.3 Å². The summed E-state index contributed by atoms with van der Waals surface area (Å²) in [7, 11) is 0. The van der Waals surface area contributed by atoms with Crippen LogP contribution in [0.1, 0.15) is 5.69 Å². The number of imidazole rings is 1. The minimum atomic E-state index is -0.300. The normalized spacial score (nSPS) is 10.9. The van der Waals surface area contributed by atoms with E-state index in [2.05, 4.69) is 20.9 Å². The maximum atomic E-state index is 13.1. The van der Waals surface area contributed by atoms with E-state index in [1.807, 2.05) is 6.92 Å². The van der Waals surface area contributed by atoms with Crippen molar-refractivity contribution in [1.82, 2.24) is 9.38 Å². The van der Waals surface area contributed by atoms with Crippen LogP contribution in [0.4, 0.5) is 4.39 Å². The van der Waals surface area contributed by atoms with Crippen molar-refractivity contribution in [3.05, 3.63) is 34.4 Å². The lowest BCUT2D eigenvalue weighted by molar-refractivity contribution is 0.629. The van der Waals surface area contributed by atoms with E-state index in [0.29, 0.717) is 5.65 Å². The molecule has 2 aromatic rings. The zero-order valence-electron chi connectivity index (χ0n) is 6.38. The first kappa shape index (κ1) is 7.73. The van der Waals surface area contributed by atoms with Crippen LogP contribution in [-0.2, 0) is 0 Å². The molecule has 0 aliphatic rings. The van der Waals surface area contributed by atoms with Crippen LogP contribution in [0, 0.1) is 12.7 Å². The van der Waals surface area contributed by atoms with Crippen LogP contribution in [-0.4, -0.2) is 9.38 Å². The van der Waals surface area contributed by atoms with Crippen molar-refractivity contribution in [1.29, 1.82) is 0 Å². The molecule has 0 aliphatic carbocycles. The van der Waals surface area contributed by atoms with Gasteiger partial charge in [0.15, 0.2) is 11.5 Å². The summed E-state index contributed by atoms with van der Waals surface area (Å²) in [5, 5.41) is 0. The van der Waals surface area contributed by atoms with Crippen molar-refractivity contribution in [3.63, 3.8) is 0 Å². The van der Waals surface area contributed by atoms with Gasteiger partial charge in [-0.3, -0.25) is 4.40 Å². The SMILES string of the molecule is Cc1nc2c(F)cccn2c1Br. The highest BCUT2D eigenvalue weighted by Crippen LogP contribution is 2.19. The molecule has 2 nitrogen and oxygen atoms in total. The molecule has 2 rings (SSSR count). The van der Waals surface area contributed by atoms with Gasteiger partial charge in [-0.05, 0) is 35.0 Å². The largest absolute Gasteiger partial charge is 0.292 e. The minimum absolute atomic E-state index is 0.300. The van der Waals surface area contributed by atoms with E-state index < -0.39 is 0 Å². The Bertz CT molecular complexity index is 436. The van der Waals surface area contributed by atoms with E-state index in [0.717, 1.165) is 10.3 Å². The highest BCUT2D eigenvalue weighted by atomic mass is 79.9. The summed E-state index contributed by atoms with van der Waals surface area (Å²) in [4.78, 5) is 4.05. The van der Waals surface area contributed by atoms with Crippen molar-refractivity contribution >= 4 is 21.6 Å². The number of hydrogen-bond donors (Lipinski definition) is 0. The fourth-order valence-corrected chi connectivity index (χ4v) is 1.49. The maximum absolute atomic E-state index is 13.1. The summed E-state index contributed by atoms with van der Waals surface area (Å²) in [6, 6.07) is 3.04. The molecule has 0 fully saturated rings. The van der Waals surface area contributed by atoms with E-state index in [9.17, 15) is 4.39 Å². The standard InChI is InChI=1S/C8H6BrFN2/c1-5-7(9)12-4-2-3-6(10)8(12)11-5/h2-4H,1H3. The molecule has 12 heavy (non-hydrogen) atoms. The molecule has 2 aromatic heterocycles. The Labute approximate surface area is 77.2 Å². The van der Waals surface area contributed by atoms with Gasteiger partial charge in [-0.2, -0.15) is 0 Å². The number of aryl methyl sites for hydroxylation is 1. The van der Waals surface area contributed by atoms with Gasteiger partial charge in [-0.15, -0.1) is 0 Å². The molecule has 0 amide bonds. The van der Waals surface area contributed by atoms with Crippen LogP contribution in [0.15, 0.2) is 22.9 Å². The predicted molar refractivity (Wildman–Crippen MR) is 47.6 cm³/mol. The Morgan fingerprint density at radius 2 is 2.33 bits per heavy atom. The summed E-state index contributed by atoms with van der Waals surface area (Å²) in [6.07, 6.45) is 1.77. The zero-order chi connectivity index (χ0) is 8.72. The van der Waals surface area contributed by atoms with Crippen molar-refractivity contribution in [2.75, 3.05) is 0 Å². The van der Waals surface area contributed by atoms with Crippen molar-refractivity contribution in [2.45, 2.75) is 6.92 Å².